The number of aliphatic hydroxyl groups is 11. The molecule has 8 aromatic rings. The Morgan fingerprint density at radius 2 is 0.664 bits per heavy atom. The molecule has 8 rings (SSSR count). The summed E-state index contributed by atoms with van der Waals surface area (Å²) < 4.78 is 67.6. The van der Waals surface area contributed by atoms with Crippen molar-refractivity contribution >= 4 is 11.9 Å². The second kappa shape index (κ2) is 46.6. The molecule has 0 aliphatic carbocycles. The quantitative estimate of drug-likeness (QED) is 0.0124. The monoisotopic (exact) mass is 1520 g/mol. The molecule has 10 unspecified atom stereocenters. The minimum atomic E-state index is -1.06. The first-order valence-corrected chi connectivity index (χ1v) is 34.4. The molecule has 0 fully saturated rings. The van der Waals surface area contributed by atoms with Crippen LogP contribution in [0.5, 0.6) is 0 Å². The molecule has 0 radical (unpaired) electrons. The van der Waals surface area contributed by atoms with Gasteiger partial charge in [-0.15, -0.1) is 40.8 Å². The van der Waals surface area contributed by atoms with Crippen molar-refractivity contribution in [1.29, 1.82) is 0 Å². The lowest BCUT2D eigenvalue weighted by Gasteiger charge is -2.18. The van der Waals surface area contributed by atoms with Crippen LogP contribution >= 0.6 is 0 Å². The summed E-state index contributed by atoms with van der Waals surface area (Å²) in [4.78, 5) is 4.16. The van der Waals surface area contributed by atoms with Crippen LogP contribution in [0.15, 0.2) is 59.7 Å². The number of ether oxygens (including phenoxy) is 9. The second-order valence-electron chi connectivity index (χ2n) is 24.6. The van der Waals surface area contributed by atoms with Gasteiger partial charge in [0.15, 0.2) is 0 Å². The standard InChI is InChI=1S/C60H97N27O20/c1-3-51(93)16-81-9-44(65-73-81)30-101-39-59(106-35-49-14-84(76-70-49)20-56(98)28-92)23-86-13-48(69-78-86)33-103-41-60(40-102-32-47-12-85(77-68-47)22-58(105-34-43(63-61-2)6-62-7-52(94)24-88)38-100-31-46-11-83(75-67-46)19-55(97)27-91)107-36-50-15-87(79-71-50)21-57(37-99-29-45-10-82(74-66-45)18-54(96)26-90)104-5-4-42-8-80(72-64-42)17-53(95)25-89/h6,8-15,51-61,88-98H,3-5,7,16-41H2,1-2H3. The molecule has 0 bridgehead atoms. The van der Waals surface area contributed by atoms with E-state index in [0.717, 1.165) is 0 Å². The molecule has 47 nitrogen and oxygen atoms in total. The van der Waals surface area contributed by atoms with Crippen LogP contribution in [0.25, 0.3) is 0 Å². The molecule has 0 aromatic carbocycles. The minimum absolute atomic E-state index is 0.0119. The Hall–Kier alpha value is -8.54. The lowest BCUT2D eigenvalue weighted by atomic mass is 10.3. The number of nitrogens with zero attached hydrogens (tertiary/aromatic N) is 26. The summed E-state index contributed by atoms with van der Waals surface area (Å²) in [6.07, 6.45) is 7.16. The first-order chi connectivity index (χ1) is 52.0. The molecule has 107 heavy (non-hydrogen) atoms. The number of hydrogen-bond acceptors (Lipinski definition) is 39. The fourth-order valence-electron chi connectivity index (χ4n) is 9.66. The average molecular weight is 1520 g/mol. The predicted molar refractivity (Wildman–Crippen MR) is 360 cm³/mol. The van der Waals surface area contributed by atoms with Crippen molar-refractivity contribution in [1.82, 2.24) is 125 Å². The van der Waals surface area contributed by atoms with E-state index in [1.54, 1.807) is 75.3 Å². The van der Waals surface area contributed by atoms with Gasteiger partial charge >= 0.3 is 0 Å². The molecule has 47 heteroatoms. The molecule has 0 saturated carbocycles. The zero-order chi connectivity index (χ0) is 76.0. The van der Waals surface area contributed by atoms with Gasteiger partial charge in [0.05, 0.1) is 270 Å². The minimum Gasteiger partial charge on any atom is -0.394 e. The third-order valence-corrected chi connectivity index (χ3v) is 15.1. The van der Waals surface area contributed by atoms with Gasteiger partial charge in [-0.25, -0.2) is 37.5 Å². The van der Waals surface area contributed by atoms with Crippen LogP contribution in [0.3, 0.4) is 0 Å². The summed E-state index contributed by atoms with van der Waals surface area (Å²) in [6.45, 7) is 0.792. The van der Waals surface area contributed by atoms with E-state index in [2.05, 4.69) is 98.0 Å². The molecule has 0 saturated heterocycles. The summed E-state index contributed by atoms with van der Waals surface area (Å²) in [7, 11) is 1.60. The van der Waals surface area contributed by atoms with Gasteiger partial charge in [0.1, 0.15) is 70.0 Å². The van der Waals surface area contributed by atoms with Crippen molar-refractivity contribution in [3.63, 3.8) is 0 Å². The highest BCUT2D eigenvalue weighted by Crippen LogP contribution is 2.13. The van der Waals surface area contributed by atoms with E-state index in [1.165, 1.54) is 24.9 Å². The Morgan fingerprint density at radius 1 is 0.374 bits per heavy atom. The molecule has 8 aromatic heterocycles. The third kappa shape index (κ3) is 31.7. The Kier molecular flexibility index (Phi) is 36.6. The smallest absolute Gasteiger partial charge is 0.108 e. The molecule has 592 valence electrons. The zero-order valence-electron chi connectivity index (χ0n) is 59.4. The van der Waals surface area contributed by atoms with Gasteiger partial charge in [-0.1, -0.05) is 48.6 Å². The van der Waals surface area contributed by atoms with Gasteiger partial charge < -0.3 is 104 Å². The summed E-state index contributed by atoms with van der Waals surface area (Å²) in [5.74, 6) is 0. The first-order valence-electron chi connectivity index (χ1n) is 34.4. The normalized spacial score (nSPS) is 15.1. The molecule has 10 atom stereocenters. The average Bonchev–Trinajstić information content (AvgIpc) is 1.79. The van der Waals surface area contributed by atoms with Crippen LogP contribution in [0.4, 0.5) is 0 Å². The van der Waals surface area contributed by atoms with Crippen LogP contribution < -0.4 is 5.43 Å². The topological polar surface area (TPSA) is 588 Å². The van der Waals surface area contributed by atoms with Crippen LogP contribution in [-0.2, 0) is 148 Å². The number of aliphatic hydroxyl groups excluding tert-OH is 11. The predicted octanol–water partition coefficient (Wildman–Crippen LogP) is -7.83. The van der Waals surface area contributed by atoms with Gasteiger partial charge in [-0.3, -0.25) is 4.99 Å². The molecule has 8 heterocycles. The third-order valence-electron chi connectivity index (χ3n) is 15.1. The van der Waals surface area contributed by atoms with Crippen LogP contribution in [0, 0.1) is 0 Å². The number of rotatable bonds is 59. The van der Waals surface area contributed by atoms with Crippen molar-refractivity contribution in [3.05, 3.63) is 95.1 Å². The van der Waals surface area contributed by atoms with E-state index in [0.29, 0.717) is 64.1 Å². The van der Waals surface area contributed by atoms with Crippen molar-refractivity contribution in [2.24, 2.45) is 10.1 Å². The first kappa shape index (κ1) is 84.1. The van der Waals surface area contributed by atoms with Crippen molar-refractivity contribution in [2.75, 3.05) is 92.9 Å². The highest BCUT2D eigenvalue weighted by atomic mass is 16.6. The Morgan fingerprint density at radius 3 is 1.01 bits per heavy atom. The lowest BCUT2D eigenvalue weighted by molar-refractivity contribution is -0.0744. The maximum atomic E-state index is 10.1. The Labute approximate surface area is 611 Å². The summed E-state index contributed by atoms with van der Waals surface area (Å²) >= 11 is 0. The van der Waals surface area contributed by atoms with Gasteiger partial charge in [0.2, 0.25) is 0 Å². The van der Waals surface area contributed by atoms with Gasteiger partial charge in [-0.2, -0.15) is 5.10 Å². The number of aliphatic imine (C=N–C) groups is 1. The van der Waals surface area contributed by atoms with Gasteiger partial charge in [-0.05, 0) is 6.42 Å². The van der Waals surface area contributed by atoms with Gasteiger partial charge in [0, 0.05) is 25.9 Å². The van der Waals surface area contributed by atoms with Crippen LogP contribution in [0.2, 0.25) is 0 Å². The van der Waals surface area contributed by atoms with E-state index in [9.17, 15) is 56.2 Å². The van der Waals surface area contributed by atoms with Crippen molar-refractivity contribution in [2.45, 2.75) is 179 Å². The molecular formula is C60H97N27O20. The van der Waals surface area contributed by atoms with E-state index in [4.69, 9.17) is 42.6 Å². The summed E-state index contributed by atoms with van der Waals surface area (Å²) in [5, 5.41) is 177. The van der Waals surface area contributed by atoms with Crippen molar-refractivity contribution < 1.29 is 98.8 Å². The van der Waals surface area contributed by atoms with Crippen LogP contribution in [0.1, 0.15) is 58.9 Å². The molecular weight excluding hydrogens is 1420 g/mol. The zero-order valence-corrected chi connectivity index (χ0v) is 59.4. The summed E-state index contributed by atoms with van der Waals surface area (Å²) in [5.41, 5.74) is 6.93. The molecule has 0 aliphatic heterocycles. The maximum Gasteiger partial charge on any atom is 0.108 e. The highest BCUT2D eigenvalue weighted by Gasteiger charge is 2.22. The Bertz CT molecular complexity index is 3690. The molecule has 0 spiro atoms. The van der Waals surface area contributed by atoms with E-state index >= 15 is 0 Å². The van der Waals surface area contributed by atoms with Gasteiger partial charge in [0.25, 0.3) is 0 Å². The fraction of sp³-hybridized carbons (Fsp3) is 0.700. The van der Waals surface area contributed by atoms with E-state index in [1.807, 2.05) is 6.92 Å². The maximum absolute atomic E-state index is 10.1. The van der Waals surface area contributed by atoms with Crippen LogP contribution in [-0.4, -0.2) is 342 Å². The largest absolute Gasteiger partial charge is 0.394 e. The SMILES string of the molecule is CCC(O)Cn1cc(COCC(Cn2cc(COCC(COCc3cn(CC(COCc4cn(CC(O)CO)nn4)OCC(C=NCC(O)CO)=NNC)nn3)OCc3cn(CC(COCc4cn(CC(O)CO)nn4)OCCc4cn(CC(O)CO)nn4)nn3)nn2)OCc2cn(CC(O)CO)nn2)nn1. The number of nitrogens with one attached hydrogen (secondary N) is 1. The summed E-state index contributed by atoms with van der Waals surface area (Å²) in [6, 6.07) is 0. The second-order valence-corrected chi connectivity index (χ2v) is 24.6. The highest BCUT2D eigenvalue weighted by molar-refractivity contribution is 6.31. The van der Waals surface area contributed by atoms with E-state index in [-0.39, 0.29) is 151 Å². The fourth-order valence-corrected chi connectivity index (χ4v) is 9.66. The molecule has 0 aliphatic rings. The van der Waals surface area contributed by atoms with Crippen molar-refractivity contribution in [3.8, 4) is 0 Å². The number of hydrogen-bond donors (Lipinski definition) is 12. The van der Waals surface area contributed by atoms with E-state index < -0.39 is 94.1 Å². The number of aromatic nitrogens is 24. The number of hydrazone groups is 1. The molecule has 12 N–H and O–H groups in total. The Balaban J connectivity index is 0.924. The molecule has 0 amide bonds. The lowest BCUT2D eigenvalue weighted by Crippen LogP contribution is -2.29.